The molecule has 0 spiro atoms. The molecule has 0 radical (unpaired) electrons. The van der Waals surface area contributed by atoms with Gasteiger partial charge in [-0.15, -0.1) is 0 Å². The third-order valence-corrected chi connectivity index (χ3v) is 4.30. The lowest BCUT2D eigenvalue weighted by Crippen LogP contribution is -2.52. The van der Waals surface area contributed by atoms with E-state index in [1.54, 1.807) is 5.06 Å². The first-order valence-electron chi connectivity index (χ1n) is 7.90. The number of ether oxygens (including phenoxy) is 1. The summed E-state index contributed by atoms with van der Waals surface area (Å²) < 4.78 is 6.05. The van der Waals surface area contributed by atoms with Gasteiger partial charge in [-0.25, -0.2) is 0 Å². The van der Waals surface area contributed by atoms with Crippen molar-refractivity contribution in [1.82, 2.24) is 5.06 Å². The van der Waals surface area contributed by atoms with Crippen LogP contribution >= 0.6 is 0 Å². The summed E-state index contributed by atoms with van der Waals surface area (Å²) in [6, 6.07) is 0. The Bertz CT molecular complexity index is 263. The highest BCUT2D eigenvalue weighted by Crippen LogP contribution is 2.36. The zero-order valence-electron chi connectivity index (χ0n) is 13.5. The molecule has 3 heteroatoms. The molecule has 0 bridgehead atoms. The molecule has 0 aromatic heterocycles. The summed E-state index contributed by atoms with van der Waals surface area (Å²) in [5.41, 5.74) is -0.377. The van der Waals surface area contributed by atoms with E-state index in [4.69, 9.17) is 4.74 Å². The minimum atomic E-state index is -0.214. The molecule has 1 saturated heterocycles. The van der Waals surface area contributed by atoms with Crippen molar-refractivity contribution in [2.45, 2.75) is 96.7 Å². The molecular weight excluding hydrogens is 238 g/mol. The highest BCUT2D eigenvalue weighted by molar-refractivity contribution is 4.93. The van der Waals surface area contributed by atoms with Crippen LogP contribution in [0.15, 0.2) is 0 Å². The zero-order valence-corrected chi connectivity index (χ0v) is 13.5. The molecule has 1 rings (SSSR count). The van der Waals surface area contributed by atoms with Crippen LogP contribution in [0.5, 0.6) is 0 Å². The second-order valence-corrected chi connectivity index (χ2v) is 7.23. The van der Waals surface area contributed by atoms with E-state index in [1.165, 1.54) is 19.3 Å². The quantitative estimate of drug-likeness (QED) is 0.727. The molecule has 1 aliphatic rings. The predicted molar refractivity (Wildman–Crippen MR) is 79.5 cm³/mol. The second-order valence-electron chi connectivity index (χ2n) is 7.23. The Morgan fingerprint density at radius 2 is 1.79 bits per heavy atom. The molecule has 1 N–H and O–H groups in total. The van der Waals surface area contributed by atoms with E-state index in [9.17, 15) is 5.21 Å². The van der Waals surface area contributed by atoms with E-state index < -0.39 is 0 Å². The van der Waals surface area contributed by atoms with Crippen LogP contribution in [0.4, 0.5) is 0 Å². The van der Waals surface area contributed by atoms with Crippen LogP contribution < -0.4 is 0 Å². The van der Waals surface area contributed by atoms with Gasteiger partial charge in [-0.3, -0.25) is 0 Å². The summed E-state index contributed by atoms with van der Waals surface area (Å²) in [5.74, 6) is 0. The van der Waals surface area contributed by atoms with E-state index in [-0.39, 0.29) is 17.2 Å². The molecule has 1 atom stereocenters. The lowest BCUT2D eigenvalue weighted by Gasteiger charge is -2.42. The Morgan fingerprint density at radius 3 is 2.42 bits per heavy atom. The lowest BCUT2D eigenvalue weighted by molar-refractivity contribution is -0.223. The zero-order chi connectivity index (χ0) is 14.5. The number of hydroxylamine groups is 2. The van der Waals surface area contributed by atoms with Crippen molar-refractivity contribution in [2.24, 2.45) is 0 Å². The second kappa shape index (κ2) is 7.05. The monoisotopic (exact) mass is 271 g/mol. The Hall–Kier alpha value is -0.120. The largest absolute Gasteiger partial charge is 0.378 e. The minimum Gasteiger partial charge on any atom is -0.378 e. The predicted octanol–water partition coefficient (Wildman–Crippen LogP) is 4.38. The standard InChI is InChI=1S/C16H33NO2/c1-6-7-8-9-12-19-14-10-11-15(2,3)17(18)16(4,5)13-14/h14,18H,6-13H2,1-5H3. The lowest BCUT2D eigenvalue weighted by atomic mass is 9.95. The molecular formula is C16H33NO2. The Labute approximate surface area is 119 Å². The summed E-state index contributed by atoms with van der Waals surface area (Å²) >= 11 is 0. The van der Waals surface area contributed by atoms with Crippen molar-refractivity contribution in [2.75, 3.05) is 6.61 Å². The highest BCUT2D eigenvalue weighted by atomic mass is 16.5. The third kappa shape index (κ3) is 5.05. The van der Waals surface area contributed by atoms with Crippen molar-refractivity contribution in [3.8, 4) is 0 Å². The molecule has 19 heavy (non-hydrogen) atoms. The Kier molecular flexibility index (Phi) is 6.28. The number of nitrogens with zero attached hydrogens (tertiary/aromatic N) is 1. The van der Waals surface area contributed by atoms with Gasteiger partial charge in [-0.2, -0.15) is 5.06 Å². The van der Waals surface area contributed by atoms with Crippen molar-refractivity contribution in [3.05, 3.63) is 0 Å². The van der Waals surface area contributed by atoms with Crippen LogP contribution in [0.2, 0.25) is 0 Å². The molecule has 1 aliphatic heterocycles. The van der Waals surface area contributed by atoms with Crippen LogP contribution in [-0.2, 0) is 4.74 Å². The molecule has 1 unspecified atom stereocenters. The number of hydrogen-bond acceptors (Lipinski definition) is 3. The van der Waals surface area contributed by atoms with Gasteiger partial charge >= 0.3 is 0 Å². The summed E-state index contributed by atoms with van der Waals surface area (Å²) in [7, 11) is 0. The summed E-state index contributed by atoms with van der Waals surface area (Å²) in [4.78, 5) is 0. The Balaban J connectivity index is 2.44. The molecule has 0 amide bonds. The topological polar surface area (TPSA) is 32.7 Å². The fraction of sp³-hybridized carbons (Fsp3) is 1.00. The van der Waals surface area contributed by atoms with Gasteiger partial charge in [0.2, 0.25) is 0 Å². The van der Waals surface area contributed by atoms with Gasteiger partial charge < -0.3 is 9.94 Å². The van der Waals surface area contributed by atoms with Gasteiger partial charge in [-0.05, 0) is 53.4 Å². The SMILES string of the molecule is CCCCCCOC1CCC(C)(C)N(O)C(C)(C)C1. The normalized spacial score (nSPS) is 27.2. The van der Waals surface area contributed by atoms with E-state index in [2.05, 4.69) is 34.6 Å². The summed E-state index contributed by atoms with van der Waals surface area (Å²) in [5, 5.41) is 11.9. The molecule has 0 aromatic rings. The fourth-order valence-electron chi connectivity index (χ4n) is 3.11. The highest BCUT2D eigenvalue weighted by Gasteiger charge is 2.42. The molecule has 0 aliphatic carbocycles. The summed E-state index contributed by atoms with van der Waals surface area (Å²) in [6.07, 6.45) is 8.21. The van der Waals surface area contributed by atoms with Gasteiger partial charge in [0.15, 0.2) is 0 Å². The van der Waals surface area contributed by atoms with Crippen molar-refractivity contribution in [1.29, 1.82) is 0 Å². The van der Waals surface area contributed by atoms with Crippen LogP contribution in [-0.4, -0.2) is 34.1 Å². The van der Waals surface area contributed by atoms with Gasteiger partial charge in [0, 0.05) is 17.7 Å². The van der Waals surface area contributed by atoms with Crippen molar-refractivity contribution < 1.29 is 9.94 Å². The van der Waals surface area contributed by atoms with E-state index in [0.717, 1.165) is 32.3 Å². The molecule has 0 aromatic carbocycles. The Morgan fingerprint density at radius 1 is 1.11 bits per heavy atom. The van der Waals surface area contributed by atoms with Crippen LogP contribution in [0, 0.1) is 0 Å². The van der Waals surface area contributed by atoms with Gasteiger partial charge in [0.1, 0.15) is 0 Å². The van der Waals surface area contributed by atoms with Crippen molar-refractivity contribution in [3.63, 3.8) is 0 Å². The molecule has 1 heterocycles. The first-order valence-corrected chi connectivity index (χ1v) is 7.90. The first-order chi connectivity index (χ1) is 8.79. The third-order valence-electron chi connectivity index (χ3n) is 4.30. The van der Waals surface area contributed by atoms with Crippen LogP contribution in [0.1, 0.15) is 79.6 Å². The molecule has 0 saturated carbocycles. The van der Waals surface area contributed by atoms with Gasteiger partial charge in [-0.1, -0.05) is 26.2 Å². The van der Waals surface area contributed by atoms with E-state index in [1.807, 2.05) is 0 Å². The minimum absolute atomic E-state index is 0.163. The molecule has 114 valence electrons. The maximum atomic E-state index is 10.4. The average Bonchev–Trinajstić information content (AvgIpc) is 2.40. The van der Waals surface area contributed by atoms with Crippen molar-refractivity contribution >= 4 is 0 Å². The van der Waals surface area contributed by atoms with E-state index >= 15 is 0 Å². The maximum Gasteiger partial charge on any atom is 0.0594 e. The number of rotatable bonds is 6. The van der Waals surface area contributed by atoms with Crippen LogP contribution in [0.3, 0.4) is 0 Å². The van der Waals surface area contributed by atoms with Gasteiger partial charge in [0.05, 0.1) is 6.10 Å². The smallest absolute Gasteiger partial charge is 0.0594 e. The maximum absolute atomic E-state index is 10.4. The first kappa shape index (κ1) is 16.9. The number of hydrogen-bond donors (Lipinski definition) is 1. The van der Waals surface area contributed by atoms with Gasteiger partial charge in [0.25, 0.3) is 0 Å². The average molecular weight is 271 g/mol. The number of unbranched alkanes of at least 4 members (excludes halogenated alkanes) is 3. The fourth-order valence-corrected chi connectivity index (χ4v) is 3.11. The van der Waals surface area contributed by atoms with Crippen LogP contribution in [0.25, 0.3) is 0 Å². The van der Waals surface area contributed by atoms with E-state index in [0.29, 0.717) is 0 Å². The molecule has 1 fully saturated rings. The summed E-state index contributed by atoms with van der Waals surface area (Å²) in [6.45, 7) is 11.5. The molecule has 3 nitrogen and oxygen atoms in total.